The minimum Gasteiger partial charge on any atom is -0.481 e. The number of carbonyl (C=O) groups excluding carboxylic acids is 2. The number of ether oxygens (including phenoxy) is 2. The number of carboxylic acid groups (broad SMARTS) is 1. The van der Waals surface area contributed by atoms with Gasteiger partial charge in [-0.25, -0.2) is 9.59 Å². The van der Waals surface area contributed by atoms with E-state index in [1.165, 1.54) is 13.3 Å². The summed E-state index contributed by atoms with van der Waals surface area (Å²) in [5, 5.41) is 14.9. The summed E-state index contributed by atoms with van der Waals surface area (Å²) in [7, 11) is 1.33. The second kappa shape index (κ2) is 11.4. The van der Waals surface area contributed by atoms with Crippen molar-refractivity contribution in [1.29, 1.82) is 0 Å². The largest absolute Gasteiger partial charge is 0.481 e. The SMILES string of the molecule is CCCC(=O)O.COC(=O)c1cnn(C(C)(C)C)c1CCNC(=O)OC(C)(C)C. The van der Waals surface area contributed by atoms with Gasteiger partial charge in [0.1, 0.15) is 11.2 Å². The van der Waals surface area contributed by atoms with Crippen molar-refractivity contribution in [3.63, 3.8) is 0 Å². The summed E-state index contributed by atoms with van der Waals surface area (Å²) < 4.78 is 11.8. The molecular weight excluding hydrogens is 378 g/mol. The fraction of sp³-hybridized carbons (Fsp3) is 0.700. The molecule has 0 radical (unpaired) electrons. The van der Waals surface area contributed by atoms with Crippen LogP contribution in [0.25, 0.3) is 0 Å². The van der Waals surface area contributed by atoms with E-state index in [9.17, 15) is 14.4 Å². The Morgan fingerprint density at radius 2 is 1.76 bits per heavy atom. The number of hydrogen-bond acceptors (Lipinski definition) is 6. The molecule has 9 nitrogen and oxygen atoms in total. The third kappa shape index (κ3) is 10.5. The van der Waals surface area contributed by atoms with E-state index in [4.69, 9.17) is 14.6 Å². The van der Waals surface area contributed by atoms with Crippen LogP contribution in [0.5, 0.6) is 0 Å². The summed E-state index contributed by atoms with van der Waals surface area (Å²) in [4.78, 5) is 33.2. The van der Waals surface area contributed by atoms with Crippen LogP contribution in [0.15, 0.2) is 6.20 Å². The maximum absolute atomic E-state index is 11.9. The second-order valence-electron chi connectivity index (χ2n) is 8.40. The zero-order chi connectivity index (χ0) is 22.8. The summed E-state index contributed by atoms with van der Waals surface area (Å²) in [6, 6.07) is 0. The van der Waals surface area contributed by atoms with Crippen molar-refractivity contribution in [2.45, 2.75) is 78.9 Å². The summed E-state index contributed by atoms with van der Waals surface area (Å²) >= 11 is 0. The van der Waals surface area contributed by atoms with E-state index in [0.29, 0.717) is 24.9 Å². The molecule has 1 heterocycles. The van der Waals surface area contributed by atoms with E-state index in [-0.39, 0.29) is 5.54 Å². The van der Waals surface area contributed by atoms with Crippen LogP contribution in [0.2, 0.25) is 0 Å². The van der Waals surface area contributed by atoms with Gasteiger partial charge >= 0.3 is 18.0 Å². The van der Waals surface area contributed by atoms with Crippen LogP contribution in [0.1, 0.15) is 77.4 Å². The van der Waals surface area contributed by atoms with Crippen LogP contribution in [0, 0.1) is 0 Å². The Kier molecular flexibility index (Phi) is 10.4. The van der Waals surface area contributed by atoms with Gasteiger partial charge in [0.15, 0.2) is 0 Å². The Balaban J connectivity index is 0.00000113. The van der Waals surface area contributed by atoms with Gasteiger partial charge in [0.25, 0.3) is 0 Å². The first-order valence-electron chi connectivity index (χ1n) is 9.57. The van der Waals surface area contributed by atoms with E-state index >= 15 is 0 Å². The number of nitrogens with zero attached hydrogens (tertiary/aromatic N) is 2. The lowest BCUT2D eigenvalue weighted by Crippen LogP contribution is -2.34. The van der Waals surface area contributed by atoms with Crippen molar-refractivity contribution in [1.82, 2.24) is 15.1 Å². The molecule has 1 rings (SSSR count). The molecule has 0 saturated heterocycles. The molecule has 1 aromatic rings. The molecule has 1 aromatic heterocycles. The second-order valence-corrected chi connectivity index (χ2v) is 8.40. The van der Waals surface area contributed by atoms with Crippen molar-refractivity contribution < 1.29 is 29.0 Å². The lowest BCUT2D eigenvalue weighted by Gasteiger charge is -2.23. The van der Waals surface area contributed by atoms with E-state index in [1.807, 2.05) is 27.7 Å². The summed E-state index contributed by atoms with van der Waals surface area (Å²) in [5.41, 5.74) is 0.302. The minimum atomic E-state index is -0.711. The molecular formula is C20H35N3O6. The Labute approximate surface area is 172 Å². The number of carboxylic acids is 1. The van der Waals surface area contributed by atoms with Crippen LogP contribution >= 0.6 is 0 Å². The molecule has 0 aliphatic heterocycles. The van der Waals surface area contributed by atoms with E-state index in [1.54, 1.807) is 25.5 Å². The molecule has 0 atom stereocenters. The molecule has 2 N–H and O–H groups in total. The number of methoxy groups -OCH3 is 1. The predicted molar refractivity (Wildman–Crippen MR) is 109 cm³/mol. The minimum absolute atomic E-state index is 0.284. The van der Waals surface area contributed by atoms with Gasteiger partial charge < -0.3 is 19.9 Å². The van der Waals surface area contributed by atoms with Crippen molar-refractivity contribution >= 4 is 18.0 Å². The number of alkyl carbamates (subject to hydrolysis) is 1. The molecule has 0 bridgehead atoms. The molecule has 29 heavy (non-hydrogen) atoms. The lowest BCUT2D eigenvalue weighted by molar-refractivity contribution is -0.137. The van der Waals surface area contributed by atoms with Gasteiger partial charge in [0.05, 0.1) is 24.5 Å². The third-order valence-corrected chi connectivity index (χ3v) is 3.40. The number of hydrogen-bond donors (Lipinski definition) is 2. The lowest BCUT2D eigenvalue weighted by atomic mass is 10.1. The first-order valence-corrected chi connectivity index (χ1v) is 9.57. The zero-order valence-corrected chi connectivity index (χ0v) is 18.8. The van der Waals surface area contributed by atoms with Crippen LogP contribution in [-0.2, 0) is 26.2 Å². The van der Waals surface area contributed by atoms with E-state index in [2.05, 4.69) is 10.4 Å². The number of esters is 1. The molecule has 0 fully saturated rings. The first kappa shape index (κ1) is 26.4. The molecule has 0 aromatic carbocycles. The molecule has 166 valence electrons. The maximum atomic E-state index is 11.9. The van der Waals surface area contributed by atoms with Gasteiger partial charge in [-0.3, -0.25) is 9.48 Å². The highest BCUT2D eigenvalue weighted by molar-refractivity contribution is 5.90. The Bertz CT molecular complexity index is 683. The highest BCUT2D eigenvalue weighted by Crippen LogP contribution is 2.20. The standard InChI is InChI=1S/C16H27N3O4.C4H8O2/c1-15(2,3)19-12(11(10-18-19)13(20)22-7)8-9-17-14(21)23-16(4,5)6;1-2-3-4(5)6/h10H,8-9H2,1-7H3,(H,17,21);2-3H2,1H3,(H,5,6). The van der Waals surface area contributed by atoms with Crippen molar-refractivity contribution in [3.05, 3.63) is 17.5 Å². The fourth-order valence-electron chi connectivity index (χ4n) is 2.28. The molecule has 0 aliphatic carbocycles. The summed E-state index contributed by atoms with van der Waals surface area (Å²) in [6.45, 7) is 13.6. The molecule has 0 spiro atoms. The predicted octanol–water partition coefficient (Wildman–Crippen LogP) is 3.36. The number of carbonyl (C=O) groups is 3. The molecule has 0 aliphatic rings. The molecule has 9 heteroatoms. The number of aromatic nitrogens is 2. The molecule has 0 saturated carbocycles. The highest BCUT2D eigenvalue weighted by Gasteiger charge is 2.24. The van der Waals surface area contributed by atoms with Gasteiger partial charge in [-0.1, -0.05) is 6.92 Å². The maximum Gasteiger partial charge on any atom is 0.407 e. The summed E-state index contributed by atoms with van der Waals surface area (Å²) in [6.07, 6.45) is 2.48. The van der Waals surface area contributed by atoms with Gasteiger partial charge in [0, 0.05) is 19.4 Å². The smallest absolute Gasteiger partial charge is 0.407 e. The topological polar surface area (TPSA) is 120 Å². The van der Waals surface area contributed by atoms with Crippen molar-refractivity contribution in [2.75, 3.05) is 13.7 Å². The zero-order valence-electron chi connectivity index (χ0n) is 18.8. The first-order chi connectivity index (χ1) is 13.2. The number of nitrogens with one attached hydrogen (secondary N) is 1. The van der Waals surface area contributed by atoms with Crippen molar-refractivity contribution in [3.8, 4) is 0 Å². The average molecular weight is 414 g/mol. The number of amides is 1. The Hall–Kier alpha value is -2.58. The Morgan fingerprint density at radius 3 is 2.14 bits per heavy atom. The fourth-order valence-corrected chi connectivity index (χ4v) is 2.28. The normalized spacial score (nSPS) is 11.2. The van der Waals surface area contributed by atoms with Gasteiger partial charge in [-0.05, 0) is 48.0 Å². The van der Waals surface area contributed by atoms with Gasteiger partial charge in [-0.15, -0.1) is 0 Å². The highest BCUT2D eigenvalue weighted by atomic mass is 16.6. The van der Waals surface area contributed by atoms with Gasteiger partial charge in [0.2, 0.25) is 0 Å². The van der Waals surface area contributed by atoms with Gasteiger partial charge in [-0.2, -0.15) is 5.10 Å². The number of rotatable bonds is 6. The van der Waals surface area contributed by atoms with Crippen LogP contribution < -0.4 is 5.32 Å². The third-order valence-electron chi connectivity index (χ3n) is 3.40. The van der Waals surface area contributed by atoms with Crippen LogP contribution in [-0.4, -0.2) is 52.2 Å². The van der Waals surface area contributed by atoms with E-state index in [0.717, 1.165) is 12.1 Å². The number of aliphatic carboxylic acids is 1. The quantitative estimate of drug-likeness (QED) is 0.686. The van der Waals surface area contributed by atoms with Crippen LogP contribution in [0.3, 0.4) is 0 Å². The summed E-state index contributed by atoms with van der Waals surface area (Å²) in [5.74, 6) is -1.15. The molecule has 0 unspecified atom stereocenters. The monoisotopic (exact) mass is 413 g/mol. The van der Waals surface area contributed by atoms with Crippen molar-refractivity contribution in [2.24, 2.45) is 0 Å². The van der Waals surface area contributed by atoms with E-state index < -0.39 is 23.6 Å². The Morgan fingerprint density at radius 1 is 1.17 bits per heavy atom. The van der Waals surface area contributed by atoms with Crippen LogP contribution in [0.4, 0.5) is 4.79 Å². The average Bonchev–Trinajstić information content (AvgIpc) is 2.97. The molecule has 1 amide bonds.